The number of rotatable bonds is 7. The van der Waals surface area contributed by atoms with Crippen molar-refractivity contribution in [3.05, 3.63) is 35.0 Å². The molecule has 0 radical (unpaired) electrons. The Bertz CT molecular complexity index is 661. The molecule has 23 heavy (non-hydrogen) atoms. The van der Waals surface area contributed by atoms with Gasteiger partial charge in [0.2, 0.25) is 5.95 Å². The van der Waals surface area contributed by atoms with Gasteiger partial charge in [0.15, 0.2) is 0 Å². The van der Waals surface area contributed by atoms with Crippen molar-refractivity contribution in [1.82, 2.24) is 9.97 Å². The number of nitrogens with one attached hydrogen (secondary N) is 2. The van der Waals surface area contributed by atoms with Crippen LogP contribution in [0.4, 0.5) is 17.5 Å². The van der Waals surface area contributed by atoms with E-state index in [1.807, 2.05) is 19.1 Å². The summed E-state index contributed by atoms with van der Waals surface area (Å²) in [5.41, 5.74) is 1.75. The maximum atomic E-state index is 6.13. The molecule has 1 aromatic heterocycles. The molecule has 0 aliphatic rings. The van der Waals surface area contributed by atoms with Crippen LogP contribution in [0.3, 0.4) is 0 Å². The summed E-state index contributed by atoms with van der Waals surface area (Å²) in [6, 6.07) is 5.56. The number of aromatic nitrogens is 2. The maximum absolute atomic E-state index is 6.13. The summed E-state index contributed by atoms with van der Waals surface area (Å²) in [5.74, 6) is 2.62. The lowest BCUT2D eigenvalue weighted by atomic mass is 10.1. The van der Waals surface area contributed by atoms with Crippen molar-refractivity contribution in [2.75, 3.05) is 24.3 Å². The monoisotopic (exact) mass is 334 g/mol. The first-order valence-corrected chi connectivity index (χ1v) is 8.05. The van der Waals surface area contributed by atoms with Crippen molar-refractivity contribution >= 4 is 29.1 Å². The number of benzene rings is 1. The zero-order valence-electron chi connectivity index (χ0n) is 14.0. The first-order chi connectivity index (χ1) is 11.0. The van der Waals surface area contributed by atoms with Crippen LogP contribution in [-0.4, -0.2) is 23.6 Å². The third-order valence-electron chi connectivity index (χ3n) is 3.41. The second-order valence-corrected chi connectivity index (χ2v) is 6.21. The Labute approximate surface area is 142 Å². The molecule has 1 aromatic carbocycles. The quantitative estimate of drug-likeness (QED) is 0.771. The second-order valence-electron chi connectivity index (χ2n) is 5.80. The van der Waals surface area contributed by atoms with Gasteiger partial charge in [-0.3, -0.25) is 0 Å². The molecule has 0 bridgehead atoms. The van der Waals surface area contributed by atoms with Gasteiger partial charge in [0, 0.05) is 23.8 Å². The Morgan fingerprint density at radius 3 is 2.78 bits per heavy atom. The van der Waals surface area contributed by atoms with Gasteiger partial charge in [0.1, 0.15) is 11.6 Å². The lowest BCUT2D eigenvalue weighted by Crippen LogP contribution is -2.07. The van der Waals surface area contributed by atoms with Crippen molar-refractivity contribution in [3.8, 4) is 5.75 Å². The number of hydrogen-bond acceptors (Lipinski definition) is 5. The molecule has 5 nitrogen and oxygen atoms in total. The summed E-state index contributed by atoms with van der Waals surface area (Å²) in [6.45, 7) is 7.22. The van der Waals surface area contributed by atoms with Crippen LogP contribution in [-0.2, 0) is 0 Å². The SMILES string of the molecule is COc1cc(Cl)c(C)cc1Nc1nccc(NCCC(C)C)n1. The van der Waals surface area contributed by atoms with Gasteiger partial charge < -0.3 is 15.4 Å². The van der Waals surface area contributed by atoms with Crippen LogP contribution in [0.1, 0.15) is 25.8 Å². The van der Waals surface area contributed by atoms with Crippen molar-refractivity contribution < 1.29 is 4.74 Å². The van der Waals surface area contributed by atoms with E-state index in [1.54, 1.807) is 19.4 Å². The van der Waals surface area contributed by atoms with E-state index in [2.05, 4.69) is 34.4 Å². The highest BCUT2D eigenvalue weighted by molar-refractivity contribution is 6.31. The number of aryl methyl sites for hydroxylation is 1. The summed E-state index contributed by atoms with van der Waals surface area (Å²) in [5, 5.41) is 7.16. The normalized spacial score (nSPS) is 10.7. The van der Waals surface area contributed by atoms with Crippen LogP contribution >= 0.6 is 11.6 Å². The zero-order valence-corrected chi connectivity index (χ0v) is 14.7. The van der Waals surface area contributed by atoms with E-state index in [9.17, 15) is 0 Å². The van der Waals surface area contributed by atoms with Crippen LogP contribution in [0.5, 0.6) is 5.75 Å². The fraction of sp³-hybridized carbons (Fsp3) is 0.412. The van der Waals surface area contributed by atoms with Crippen molar-refractivity contribution in [2.45, 2.75) is 27.2 Å². The maximum Gasteiger partial charge on any atom is 0.229 e. The Morgan fingerprint density at radius 2 is 2.09 bits per heavy atom. The summed E-state index contributed by atoms with van der Waals surface area (Å²) in [4.78, 5) is 8.73. The van der Waals surface area contributed by atoms with Gasteiger partial charge in [0.25, 0.3) is 0 Å². The minimum Gasteiger partial charge on any atom is -0.495 e. The number of halogens is 1. The third-order valence-corrected chi connectivity index (χ3v) is 3.82. The fourth-order valence-electron chi connectivity index (χ4n) is 2.06. The van der Waals surface area contributed by atoms with Gasteiger partial charge in [-0.1, -0.05) is 25.4 Å². The molecule has 2 N–H and O–H groups in total. The Hall–Kier alpha value is -2.01. The highest BCUT2D eigenvalue weighted by Crippen LogP contribution is 2.32. The molecule has 0 amide bonds. The molecule has 0 aliphatic carbocycles. The molecule has 0 saturated carbocycles. The highest BCUT2D eigenvalue weighted by atomic mass is 35.5. The van der Waals surface area contributed by atoms with E-state index >= 15 is 0 Å². The van der Waals surface area contributed by atoms with Crippen LogP contribution in [0.25, 0.3) is 0 Å². The van der Waals surface area contributed by atoms with Gasteiger partial charge >= 0.3 is 0 Å². The Kier molecular flexibility index (Phi) is 6.04. The van der Waals surface area contributed by atoms with E-state index in [0.29, 0.717) is 22.6 Å². The van der Waals surface area contributed by atoms with Crippen molar-refractivity contribution in [2.24, 2.45) is 5.92 Å². The molecular weight excluding hydrogens is 312 g/mol. The van der Waals surface area contributed by atoms with Gasteiger partial charge in [-0.15, -0.1) is 0 Å². The summed E-state index contributed by atoms with van der Waals surface area (Å²) in [7, 11) is 1.61. The molecule has 6 heteroatoms. The average molecular weight is 335 g/mol. The third kappa shape index (κ3) is 4.99. The molecule has 0 atom stereocenters. The molecular formula is C17H23ClN4O. The molecule has 1 heterocycles. The minimum atomic E-state index is 0.513. The average Bonchev–Trinajstić information content (AvgIpc) is 2.51. The smallest absolute Gasteiger partial charge is 0.229 e. The Balaban J connectivity index is 2.13. The standard InChI is InChI=1S/C17H23ClN4O/c1-11(2)5-7-19-16-6-8-20-17(22-16)21-14-9-12(3)13(18)10-15(14)23-4/h6,8-11H,5,7H2,1-4H3,(H2,19,20,21,22). The summed E-state index contributed by atoms with van der Waals surface area (Å²) >= 11 is 6.13. The van der Waals surface area contributed by atoms with E-state index in [1.165, 1.54) is 0 Å². The minimum absolute atomic E-state index is 0.513. The topological polar surface area (TPSA) is 59.1 Å². The van der Waals surface area contributed by atoms with E-state index in [4.69, 9.17) is 16.3 Å². The molecule has 0 unspecified atom stereocenters. The van der Waals surface area contributed by atoms with Gasteiger partial charge in [-0.05, 0) is 37.0 Å². The van der Waals surface area contributed by atoms with Crippen LogP contribution in [0, 0.1) is 12.8 Å². The molecule has 124 valence electrons. The Morgan fingerprint density at radius 1 is 1.30 bits per heavy atom. The number of anilines is 3. The number of nitrogens with zero attached hydrogens (tertiary/aromatic N) is 2. The van der Waals surface area contributed by atoms with Gasteiger partial charge in [0.05, 0.1) is 12.8 Å². The molecule has 0 saturated heterocycles. The lowest BCUT2D eigenvalue weighted by Gasteiger charge is -2.13. The largest absolute Gasteiger partial charge is 0.495 e. The van der Waals surface area contributed by atoms with Crippen molar-refractivity contribution in [1.29, 1.82) is 0 Å². The molecule has 2 aromatic rings. The molecule has 2 rings (SSSR count). The van der Waals surface area contributed by atoms with E-state index < -0.39 is 0 Å². The van der Waals surface area contributed by atoms with Crippen LogP contribution in [0.2, 0.25) is 5.02 Å². The number of hydrogen-bond donors (Lipinski definition) is 2. The molecule has 0 aliphatic heterocycles. The molecule has 0 spiro atoms. The summed E-state index contributed by atoms with van der Waals surface area (Å²) < 4.78 is 5.36. The number of methoxy groups -OCH3 is 1. The lowest BCUT2D eigenvalue weighted by molar-refractivity contribution is 0.416. The fourth-order valence-corrected chi connectivity index (χ4v) is 2.21. The first kappa shape index (κ1) is 17.3. The predicted molar refractivity (Wildman–Crippen MR) is 96.0 cm³/mol. The van der Waals surface area contributed by atoms with Gasteiger partial charge in [-0.2, -0.15) is 4.98 Å². The van der Waals surface area contributed by atoms with Crippen LogP contribution in [0.15, 0.2) is 24.4 Å². The van der Waals surface area contributed by atoms with Crippen LogP contribution < -0.4 is 15.4 Å². The molecule has 0 fully saturated rings. The zero-order chi connectivity index (χ0) is 16.8. The number of ether oxygens (including phenoxy) is 1. The highest BCUT2D eigenvalue weighted by Gasteiger charge is 2.09. The first-order valence-electron chi connectivity index (χ1n) is 7.67. The predicted octanol–water partition coefficient (Wildman–Crippen LogP) is 4.65. The van der Waals surface area contributed by atoms with E-state index in [-0.39, 0.29) is 0 Å². The van der Waals surface area contributed by atoms with E-state index in [0.717, 1.165) is 30.0 Å². The van der Waals surface area contributed by atoms with Gasteiger partial charge in [-0.25, -0.2) is 4.98 Å². The second kappa shape index (κ2) is 8.02. The van der Waals surface area contributed by atoms with Crippen molar-refractivity contribution in [3.63, 3.8) is 0 Å². The summed E-state index contributed by atoms with van der Waals surface area (Å²) in [6.07, 6.45) is 2.82.